The van der Waals surface area contributed by atoms with Crippen molar-refractivity contribution in [1.29, 1.82) is 0 Å². The van der Waals surface area contributed by atoms with Crippen LogP contribution in [0.4, 0.5) is 5.69 Å². The van der Waals surface area contributed by atoms with E-state index in [0.29, 0.717) is 6.54 Å². The molecule has 0 spiro atoms. The van der Waals surface area contributed by atoms with Crippen LogP contribution < -0.4 is 4.90 Å². The summed E-state index contributed by atoms with van der Waals surface area (Å²) in [5, 5.41) is 0. The van der Waals surface area contributed by atoms with Crippen LogP contribution in [0, 0.1) is 6.92 Å². The molecule has 2 aromatic carbocycles. The highest BCUT2D eigenvalue weighted by Crippen LogP contribution is 2.30. The van der Waals surface area contributed by atoms with Crippen LogP contribution in [-0.4, -0.2) is 37.6 Å². The fraction of sp³-hybridized carbons (Fsp3) is 0.263. The normalized spacial score (nSPS) is 15.0. The summed E-state index contributed by atoms with van der Waals surface area (Å²) in [7, 11) is -3.88. The maximum Gasteiger partial charge on any atom is 0.269 e. The summed E-state index contributed by atoms with van der Waals surface area (Å²) in [6, 6.07) is 13.6. The molecule has 0 aromatic heterocycles. The Hall–Kier alpha value is -2.67. The molecule has 136 valence electrons. The Labute approximate surface area is 153 Å². The largest absolute Gasteiger partial charge is 0.312 e. The van der Waals surface area contributed by atoms with Crippen LogP contribution in [0.3, 0.4) is 0 Å². The highest BCUT2D eigenvalue weighted by atomic mass is 32.2. The number of carbonyl (C=O) groups is 2. The third-order valence-electron chi connectivity index (χ3n) is 4.46. The molecular weight excluding hydrogens is 352 g/mol. The number of rotatable bonds is 5. The second-order valence-electron chi connectivity index (χ2n) is 6.05. The first kappa shape index (κ1) is 18.1. The molecule has 0 saturated carbocycles. The number of hydrogen-bond acceptors (Lipinski definition) is 4. The first-order valence-corrected chi connectivity index (χ1v) is 9.84. The van der Waals surface area contributed by atoms with Gasteiger partial charge in [-0.15, -0.1) is 0 Å². The molecule has 0 radical (unpaired) electrons. The first-order chi connectivity index (χ1) is 12.4. The SMILES string of the molecule is CCN(C(=O)CCN1C(=O)c2ccccc2S1(=O)=O)c1ccccc1C. The van der Waals surface area contributed by atoms with E-state index in [1.807, 2.05) is 38.1 Å². The van der Waals surface area contributed by atoms with Gasteiger partial charge in [0, 0.05) is 25.2 Å². The molecule has 7 heteroatoms. The fourth-order valence-corrected chi connectivity index (χ4v) is 4.70. The van der Waals surface area contributed by atoms with Gasteiger partial charge in [-0.05, 0) is 37.6 Å². The van der Waals surface area contributed by atoms with Gasteiger partial charge in [-0.25, -0.2) is 12.7 Å². The lowest BCUT2D eigenvalue weighted by molar-refractivity contribution is -0.118. The molecule has 0 N–H and O–H groups in total. The molecular formula is C19H20N2O4S. The molecule has 3 rings (SSSR count). The van der Waals surface area contributed by atoms with E-state index in [4.69, 9.17) is 0 Å². The molecule has 2 aromatic rings. The molecule has 0 atom stereocenters. The Balaban J connectivity index is 1.78. The summed E-state index contributed by atoms with van der Waals surface area (Å²) in [4.78, 5) is 26.7. The molecule has 0 saturated heterocycles. The summed E-state index contributed by atoms with van der Waals surface area (Å²) in [6.07, 6.45) is -0.0683. The van der Waals surface area contributed by atoms with Crippen molar-refractivity contribution in [2.45, 2.75) is 25.2 Å². The number of benzene rings is 2. The maximum absolute atomic E-state index is 12.7. The van der Waals surface area contributed by atoms with Gasteiger partial charge < -0.3 is 4.90 Å². The Morgan fingerprint density at radius 2 is 1.73 bits per heavy atom. The number of fused-ring (bicyclic) bond motifs is 1. The van der Waals surface area contributed by atoms with Crippen molar-refractivity contribution in [3.05, 3.63) is 59.7 Å². The summed E-state index contributed by atoms with van der Waals surface area (Å²) in [5.41, 5.74) is 1.91. The zero-order valence-corrected chi connectivity index (χ0v) is 15.5. The second-order valence-corrected chi connectivity index (χ2v) is 7.88. The van der Waals surface area contributed by atoms with Crippen LogP contribution >= 0.6 is 0 Å². The van der Waals surface area contributed by atoms with Crippen LogP contribution in [0.5, 0.6) is 0 Å². The number of sulfonamides is 1. The zero-order chi connectivity index (χ0) is 18.9. The Bertz CT molecular complexity index is 969. The molecule has 1 heterocycles. The Morgan fingerprint density at radius 3 is 2.38 bits per heavy atom. The molecule has 1 aliphatic rings. The van der Waals surface area contributed by atoms with Crippen molar-refractivity contribution in [3.63, 3.8) is 0 Å². The van der Waals surface area contributed by atoms with Crippen molar-refractivity contribution in [2.24, 2.45) is 0 Å². The number of hydrogen-bond donors (Lipinski definition) is 0. The quantitative estimate of drug-likeness (QED) is 0.808. The van der Waals surface area contributed by atoms with Gasteiger partial charge >= 0.3 is 0 Å². The molecule has 0 fully saturated rings. The Kier molecular flexibility index (Phi) is 4.82. The number of carbonyl (C=O) groups excluding carboxylic acids is 2. The smallest absolute Gasteiger partial charge is 0.269 e. The van der Waals surface area contributed by atoms with Crippen molar-refractivity contribution in [2.75, 3.05) is 18.0 Å². The van der Waals surface area contributed by atoms with E-state index >= 15 is 0 Å². The minimum absolute atomic E-state index is 0.00343. The van der Waals surface area contributed by atoms with Crippen molar-refractivity contribution in [3.8, 4) is 0 Å². The van der Waals surface area contributed by atoms with Gasteiger partial charge in [-0.2, -0.15) is 0 Å². The standard InChI is InChI=1S/C19H20N2O4S/c1-3-20(16-10-6-4-8-14(16)2)18(22)12-13-21-19(23)15-9-5-7-11-17(15)26(21,24)25/h4-11H,3,12-13H2,1-2H3. The lowest BCUT2D eigenvalue weighted by atomic mass is 10.1. The topological polar surface area (TPSA) is 74.8 Å². The van der Waals surface area contributed by atoms with E-state index < -0.39 is 15.9 Å². The number of anilines is 1. The van der Waals surface area contributed by atoms with E-state index in [9.17, 15) is 18.0 Å². The minimum atomic E-state index is -3.88. The summed E-state index contributed by atoms with van der Waals surface area (Å²) >= 11 is 0. The van der Waals surface area contributed by atoms with Crippen LogP contribution in [-0.2, 0) is 14.8 Å². The summed E-state index contributed by atoms with van der Waals surface area (Å²) < 4.78 is 25.9. The highest BCUT2D eigenvalue weighted by molar-refractivity contribution is 7.90. The van der Waals surface area contributed by atoms with E-state index in [1.54, 1.807) is 17.0 Å². The molecule has 2 amide bonds. The van der Waals surface area contributed by atoms with Crippen molar-refractivity contribution in [1.82, 2.24) is 4.31 Å². The van der Waals surface area contributed by atoms with Gasteiger partial charge in [0.15, 0.2) is 0 Å². The van der Waals surface area contributed by atoms with E-state index in [2.05, 4.69) is 0 Å². The van der Waals surface area contributed by atoms with Gasteiger partial charge in [0.2, 0.25) is 5.91 Å². The third kappa shape index (κ3) is 2.99. The number of nitrogens with zero attached hydrogens (tertiary/aromatic N) is 2. The molecule has 1 aliphatic heterocycles. The van der Waals surface area contributed by atoms with Gasteiger partial charge in [0.1, 0.15) is 4.90 Å². The van der Waals surface area contributed by atoms with Crippen LogP contribution in [0.2, 0.25) is 0 Å². The molecule has 26 heavy (non-hydrogen) atoms. The predicted octanol–water partition coefficient (Wildman–Crippen LogP) is 2.58. The molecule has 0 unspecified atom stereocenters. The number of aryl methyl sites for hydroxylation is 1. The van der Waals surface area contributed by atoms with Crippen LogP contribution in [0.25, 0.3) is 0 Å². The van der Waals surface area contributed by atoms with Gasteiger partial charge in [0.05, 0.1) is 5.56 Å². The summed E-state index contributed by atoms with van der Waals surface area (Å²) in [6.45, 7) is 4.07. The van der Waals surface area contributed by atoms with Gasteiger partial charge in [-0.1, -0.05) is 30.3 Å². The minimum Gasteiger partial charge on any atom is -0.312 e. The van der Waals surface area contributed by atoms with E-state index in [-0.39, 0.29) is 29.3 Å². The Morgan fingerprint density at radius 1 is 1.08 bits per heavy atom. The highest BCUT2D eigenvalue weighted by Gasteiger charge is 2.40. The van der Waals surface area contributed by atoms with Crippen molar-refractivity contribution >= 4 is 27.5 Å². The lowest BCUT2D eigenvalue weighted by Crippen LogP contribution is -2.37. The molecule has 0 aliphatic carbocycles. The zero-order valence-electron chi connectivity index (χ0n) is 14.7. The number of amides is 2. The molecule has 0 bridgehead atoms. The van der Waals surface area contributed by atoms with Crippen molar-refractivity contribution < 1.29 is 18.0 Å². The monoisotopic (exact) mass is 372 g/mol. The predicted molar refractivity (Wildman–Crippen MR) is 98.5 cm³/mol. The average Bonchev–Trinajstić information content (AvgIpc) is 2.82. The second kappa shape index (κ2) is 6.92. The number of para-hydroxylation sites is 1. The van der Waals surface area contributed by atoms with Gasteiger partial charge in [0.25, 0.3) is 15.9 Å². The third-order valence-corrected chi connectivity index (χ3v) is 6.30. The van der Waals surface area contributed by atoms with E-state index in [0.717, 1.165) is 15.6 Å². The summed E-state index contributed by atoms with van der Waals surface area (Å²) in [5.74, 6) is -0.798. The fourth-order valence-electron chi connectivity index (χ4n) is 3.13. The maximum atomic E-state index is 12.7. The lowest BCUT2D eigenvalue weighted by Gasteiger charge is -2.24. The van der Waals surface area contributed by atoms with E-state index in [1.165, 1.54) is 12.1 Å². The van der Waals surface area contributed by atoms with Gasteiger partial charge in [-0.3, -0.25) is 9.59 Å². The molecule has 6 nitrogen and oxygen atoms in total. The first-order valence-electron chi connectivity index (χ1n) is 8.40. The average molecular weight is 372 g/mol. The van der Waals surface area contributed by atoms with Crippen LogP contribution in [0.15, 0.2) is 53.4 Å². The van der Waals surface area contributed by atoms with Crippen LogP contribution in [0.1, 0.15) is 29.3 Å².